The first-order valence-electron chi connectivity index (χ1n) is 6.29. The SMILES string of the molecule is CCCC(Br)C1CCCC(C(C)C)C1. The van der Waals surface area contributed by atoms with Crippen molar-refractivity contribution in [1.29, 1.82) is 0 Å². The molecule has 14 heavy (non-hydrogen) atoms. The van der Waals surface area contributed by atoms with Crippen LogP contribution in [0.1, 0.15) is 59.3 Å². The molecule has 0 nitrogen and oxygen atoms in total. The van der Waals surface area contributed by atoms with Crippen LogP contribution < -0.4 is 0 Å². The molecule has 1 aliphatic carbocycles. The minimum atomic E-state index is 0.786. The van der Waals surface area contributed by atoms with Gasteiger partial charge >= 0.3 is 0 Å². The largest absolute Gasteiger partial charge is 0.0888 e. The van der Waals surface area contributed by atoms with Crippen molar-refractivity contribution in [2.24, 2.45) is 17.8 Å². The van der Waals surface area contributed by atoms with Gasteiger partial charge in [-0.25, -0.2) is 0 Å². The standard InChI is InChI=1S/C13H25Br/c1-4-6-13(14)12-8-5-7-11(9-12)10(2)3/h10-13H,4-9H2,1-3H3. The summed E-state index contributed by atoms with van der Waals surface area (Å²) in [4.78, 5) is 0.786. The predicted molar refractivity (Wildman–Crippen MR) is 67.9 cm³/mol. The molecule has 0 aliphatic heterocycles. The van der Waals surface area contributed by atoms with Gasteiger partial charge in [-0.15, -0.1) is 0 Å². The molecule has 3 atom stereocenters. The third kappa shape index (κ3) is 3.56. The highest BCUT2D eigenvalue weighted by Crippen LogP contribution is 2.38. The zero-order valence-corrected chi connectivity index (χ0v) is 11.5. The molecule has 0 amide bonds. The lowest BCUT2D eigenvalue weighted by atomic mass is 9.74. The van der Waals surface area contributed by atoms with Gasteiger partial charge in [-0.05, 0) is 37.0 Å². The Morgan fingerprint density at radius 2 is 1.86 bits per heavy atom. The van der Waals surface area contributed by atoms with Gasteiger partial charge in [-0.2, -0.15) is 0 Å². The van der Waals surface area contributed by atoms with Crippen molar-refractivity contribution < 1.29 is 0 Å². The van der Waals surface area contributed by atoms with E-state index in [1.54, 1.807) is 0 Å². The monoisotopic (exact) mass is 260 g/mol. The summed E-state index contributed by atoms with van der Waals surface area (Å²) in [6.07, 6.45) is 8.53. The summed E-state index contributed by atoms with van der Waals surface area (Å²) >= 11 is 3.88. The number of rotatable bonds is 4. The van der Waals surface area contributed by atoms with Gasteiger partial charge in [0.1, 0.15) is 0 Å². The topological polar surface area (TPSA) is 0 Å². The fourth-order valence-electron chi connectivity index (χ4n) is 2.71. The molecule has 0 aromatic carbocycles. The summed E-state index contributed by atoms with van der Waals surface area (Å²) < 4.78 is 0. The minimum absolute atomic E-state index is 0.786. The fraction of sp³-hybridized carbons (Fsp3) is 1.00. The Labute approximate surface area is 98.0 Å². The molecule has 1 rings (SSSR count). The Hall–Kier alpha value is 0.480. The molecule has 0 bridgehead atoms. The zero-order chi connectivity index (χ0) is 10.6. The highest BCUT2D eigenvalue weighted by molar-refractivity contribution is 9.09. The number of hydrogen-bond acceptors (Lipinski definition) is 0. The number of hydrogen-bond donors (Lipinski definition) is 0. The molecule has 1 heteroatoms. The summed E-state index contributed by atoms with van der Waals surface area (Å²) in [5.74, 6) is 2.83. The third-order valence-corrected chi connectivity index (χ3v) is 4.98. The molecular weight excluding hydrogens is 236 g/mol. The van der Waals surface area contributed by atoms with Crippen LogP contribution in [0.3, 0.4) is 0 Å². The first-order chi connectivity index (χ1) is 6.65. The van der Waals surface area contributed by atoms with Crippen LogP contribution in [0.4, 0.5) is 0 Å². The maximum atomic E-state index is 3.88. The van der Waals surface area contributed by atoms with E-state index in [9.17, 15) is 0 Å². The van der Waals surface area contributed by atoms with Crippen molar-refractivity contribution in [2.45, 2.75) is 64.1 Å². The second kappa shape index (κ2) is 6.15. The Bertz CT molecular complexity index is 153. The summed E-state index contributed by atoms with van der Waals surface area (Å²) in [5, 5.41) is 0. The first kappa shape index (κ1) is 12.5. The van der Waals surface area contributed by atoms with Crippen LogP contribution in [0.2, 0.25) is 0 Å². The highest BCUT2D eigenvalue weighted by atomic mass is 79.9. The van der Waals surface area contributed by atoms with E-state index in [0.717, 1.165) is 22.6 Å². The molecule has 0 aromatic heterocycles. The molecule has 1 fully saturated rings. The summed E-state index contributed by atoms with van der Waals surface area (Å²) in [6.45, 7) is 7.06. The molecule has 1 aliphatic rings. The summed E-state index contributed by atoms with van der Waals surface area (Å²) in [6, 6.07) is 0. The van der Waals surface area contributed by atoms with E-state index in [1.807, 2.05) is 0 Å². The van der Waals surface area contributed by atoms with Crippen molar-refractivity contribution in [1.82, 2.24) is 0 Å². The molecule has 0 aromatic rings. The molecule has 3 unspecified atom stereocenters. The average Bonchev–Trinajstić information content (AvgIpc) is 2.18. The molecule has 0 saturated heterocycles. The first-order valence-corrected chi connectivity index (χ1v) is 7.20. The van der Waals surface area contributed by atoms with E-state index in [4.69, 9.17) is 0 Å². The van der Waals surface area contributed by atoms with Crippen LogP contribution in [0.15, 0.2) is 0 Å². The molecule has 0 heterocycles. The van der Waals surface area contributed by atoms with Gasteiger partial charge in [0.05, 0.1) is 0 Å². The normalized spacial score (nSPS) is 30.6. The van der Waals surface area contributed by atoms with E-state index in [1.165, 1.54) is 38.5 Å². The molecule has 0 spiro atoms. The van der Waals surface area contributed by atoms with E-state index < -0.39 is 0 Å². The van der Waals surface area contributed by atoms with Crippen molar-refractivity contribution in [2.75, 3.05) is 0 Å². The van der Waals surface area contributed by atoms with Crippen molar-refractivity contribution in [3.8, 4) is 0 Å². The van der Waals surface area contributed by atoms with Gasteiger partial charge < -0.3 is 0 Å². The van der Waals surface area contributed by atoms with Crippen molar-refractivity contribution in [3.05, 3.63) is 0 Å². The smallest absolute Gasteiger partial charge is 0.0174 e. The molecule has 1 saturated carbocycles. The number of halogens is 1. The molecule has 0 radical (unpaired) electrons. The fourth-order valence-corrected chi connectivity index (χ4v) is 3.65. The van der Waals surface area contributed by atoms with Gasteiger partial charge in [0, 0.05) is 4.83 Å². The quantitative estimate of drug-likeness (QED) is 0.624. The maximum Gasteiger partial charge on any atom is 0.0174 e. The lowest BCUT2D eigenvalue weighted by Gasteiger charge is -2.34. The van der Waals surface area contributed by atoms with Gasteiger partial charge in [0.2, 0.25) is 0 Å². The second-order valence-electron chi connectivity index (χ2n) is 5.24. The molecular formula is C13H25Br. The van der Waals surface area contributed by atoms with Crippen molar-refractivity contribution in [3.63, 3.8) is 0 Å². The van der Waals surface area contributed by atoms with Gasteiger partial charge in [0.15, 0.2) is 0 Å². The van der Waals surface area contributed by atoms with Crippen LogP contribution in [0.25, 0.3) is 0 Å². The minimum Gasteiger partial charge on any atom is -0.0888 e. The van der Waals surface area contributed by atoms with Crippen LogP contribution in [-0.4, -0.2) is 4.83 Å². The summed E-state index contributed by atoms with van der Waals surface area (Å²) in [5.41, 5.74) is 0. The van der Waals surface area contributed by atoms with E-state index >= 15 is 0 Å². The molecule has 84 valence electrons. The van der Waals surface area contributed by atoms with Crippen molar-refractivity contribution >= 4 is 15.9 Å². The van der Waals surface area contributed by atoms with Crippen LogP contribution in [0.5, 0.6) is 0 Å². The summed E-state index contributed by atoms with van der Waals surface area (Å²) in [7, 11) is 0. The van der Waals surface area contributed by atoms with E-state index in [-0.39, 0.29) is 0 Å². The maximum absolute atomic E-state index is 3.88. The van der Waals surface area contributed by atoms with E-state index in [2.05, 4.69) is 36.7 Å². The Kier molecular flexibility index (Phi) is 5.51. The van der Waals surface area contributed by atoms with Gasteiger partial charge in [-0.1, -0.05) is 56.0 Å². The van der Waals surface area contributed by atoms with E-state index in [0.29, 0.717) is 0 Å². The predicted octanol–water partition coefficient (Wildman–Crippen LogP) is 5.01. The van der Waals surface area contributed by atoms with Crippen LogP contribution >= 0.6 is 15.9 Å². The second-order valence-corrected chi connectivity index (χ2v) is 6.41. The van der Waals surface area contributed by atoms with Gasteiger partial charge in [-0.3, -0.25) is 0 Å². The lowest BCUT2D eigenvalue weighted by Crippen LogP contribution is -2.25. The Morgan fingerprint density at radius 1 is 1.21 bits per heavy atom. The Morgan fingerprint density at radius 3 is 2.43 bits per heavy atom. The zero-order valence-electron chi connectivity index (χ0n) is 9.93. The average molecular weight is 261 g/mol. The number of alkyl halides is 1. The highest BCUT2D eigenvalue weighted by Gasteiger charge is 2.27. The van der Waals surface area contributed by atoms with Crippen LogP contribution in [0, 0.1) is 17.8 Å². The lowest BCUT2D eigenvalue weighted by molar-refractivity contribution is 0.210. The third-order valence-electron chi connectivity index (χ3n) is 3.77. The molecule has 0 N–H and O–H groups in total. The Balaban J connectivity index is 2.39. The van der Waals surface area contributed by atoms with Crippen LogP contribution in [-0.2, 0) is 0 Å². The van der Waals surface area contributed by atoms with Gasteiger partial charge in [0.25, 0.3) is 0 Å².